The molecule has 0 bridgehead atoms. The lowest BCUT2D eigenvalue weighted by Gasteiger charge is -2.15. The molecule has 2 heterocycles. The summed E-state index contributed by atoms with van der Waals surface area (Å²) < 4.78 is 1.90. The van der Waals surface area contributed by atoms with Crippen molar-refractivity contribution < 1.29 is 4.79 Å². The van der Waals surface area contributed by atoms with Crippen LogP contribution in [0.3, 0.4) is 0 Å². The lowest BCUT2D eigenvalue weighted by Crippen LogP contribution is -2.19. The summed E-state index contributed by atoms with van der Waals surface area (Å²) in [6, 6.07) is 12.2. The smallest absolute Gasteiger partial charge is 0.257 e. The van der Waals surface area contributed by atoms with E-state index in [0.29, 0.717) is 0 Å². The van der Waals surface area contributed by atoms with Gasteiger partial charge in [-0.2, -0.15) is 16.9 Å². The summed E-state index contributed by atoms with van der Waals surface area (Å²) in [6.07, 6.45) is 0. The van der Waals surface area contributed by atoms with Gasteiger partial charge in [0, 0.05) is 22.6 Å². The van der Waals surface area contributed by atoms with E-state index in [9.17, 15) is 4.79 Å². The number of para-hydroxylation sites is 1. The fourth-order valence-electron chi connectivity index (χ4n) is 3.82. The van der Waals surface area contributed by atoms with Gasteiger partial charge in [0.05, 0.1) is 11.4 Å². The molecular weight excluding hydrogens is 354 g/mol. The normalized spacial score (nSPS) is 12.9. The zero-order chi connectivity index (χ0) is 19.1. The molecular formula is C22H23N3OS. The molecule has 138 valence electrons. The van der Waals surface area contributed by atoms with E-state index < -0.39 is 0 Å². The fraction of sp³-hybridized carbons (Fsp3) is 0.273. The van der Waals surface area contributed by atoms with E-state index in [1.54, 1.807) is 0 Å². The van der Waals surface area contributed by atoms with Crippen LogP contribution in [0.25, 0.3) is 5.69 Å². The summed E-state index contributed by atoms with van der Waals surface area (Å²) >= 11 is 1.84. The lowest BCUT2D eigenvalue weighted by atomic mass is 9.99. The standard InChI is InChI=1S/C22H23N3OS/c1-13-9-15(3)20(16(4)10-13)22(26)23-21-17-11-27-12-18(17)24-25(21)19-8-6-5-7-14(19)2/h5-10H,11-12H2,1-4H3,(H,23,26). The minimum Gasteiger partial charge on any atom is -0.306 e. The Kier molecular flexibility index (Phi) is 4.56. The number of benzene rings is 2. The second kappa shape index (κ2) is 6.89. The summed E-state index contributed by atoms with van der Waals surface area (Å²) in [7, 11) is 0. The van der Waals surface area contributed by atoms with E-state index in [0.717, 1.165) is 56.5 Å². The van der Waals surface area contributed by atoms with Gasteiger partial charge in [0.2, 0.25) is 0 Å². The number of nitrogens with zero attached hydrogens (tertiary/aromatic N) is 2. The van der Waals surface area contributed by atoms with Crippen LogP contribution in [0.2, 0.25) is 0 Å². The van der Waals surface area contributed by atoms with Gasteiger partial charge in [0.1, 0.15) is 5.82 Å². The Hall–Kier alpha value is -2.53. The number of rotatable bonds is 3. The summed E-state index contributed by atoms with van der Waals surface area (Å²) in [6.45, 7) is 8.11. The number of carbonyl (C=O) groups excluding carboxylic acids is 1. The first kappa shape index (κ1) is 17.9. The molecule has 0 saturated carbocycles. The number of hydrogen-bond donors (Lipinski definition) is 1. The Balaban J connectivity index is 1.79. The van der Waals surface area contributed by atoms with E-state index >= 15 is 0 Å². The van der Waals surface area contributed by atoms with Crippen LogP contribution >= 0.6 is 11.8 Å². The number of carbonyl (C=O) groups is 1. The van der Waals surface area contributed by atoms with Gasteiger partial charge in [-0.25, -0.2) is 4.68 Å². The Morgan fingerprint density at radius 2 is 1.74 bits per heavy atom. The third-order valence-corrected chi connectivity index (χ3v) is 6.00. The van der Waals surface area contributed by atoms with Crippen LogP contribution in [0.15, 0.2) is 36.4 Å². The second-order valence-corrected chi connectivity index (χ2v) is 8.18. The number of anilines is 1. The van der Waals surface area contributed by atoms with Crippen LogP contribution < -0.4 is 5.32 Å². The maximum atomic E-state index is 13.2. The van der Waals surface area contributed by atoms with Crippen molar-refractivity contribution in [2.45, 2.75) is 39.2 Å². The largest absolute Gasteiger partial charge is 0.306 e. The minimum absolute atomic E-state index is 0.0700. The molecule has 4 rings (SSSR count). The highest BCUT2D eigenvalue weighted by molar-refractivity contribution is 7.98. The highest BCUT2D eigenvalue weighted by Crippen LogP contribution is 2.37. The molecule has 0 aliphatic carbocycles. The van der Waals surface area contributed by atoms with Gasteiger partial charge in [-0.05, 0) is 50.5 Å². The van der Waals surface area contributed by atoms with Gasteiger partial charge >= 0.3 is 0 Å². The van der Waals surface area contributed by atoms with E-state index in [1.807, 2.05) is 48.5 Å². The molecule has 0 spiro atoms. The Morgan fingerprint density at radius 3 is 2.44 bits per heavy atom. The van der Waals surface area contributed by atoms with Crippen molar-refractivity contribution in [1.29, 1.82) is 0 Å². The first-order valence-electron chi connectivity index (χ1n) is 9.09. The highest BCUT2D eigenvalue weighted by atomic mass is 32.2. The maximum Gasteiger partial charge on any atom is 0.257 e. The lowest BCUT2D eigenvalue weighted by molar-refractivity contribution is 0.102. The number of fused-ring (bicyclic) bond motifs is 1. The summed E-state index contributed by atoms with van der Waals surface area (Å²) in [4.78, 5) is 13.2. The number of aromatic nitrogens is 2. The zero-order valence-corrected chi connectivity index (χ0v) is 16.9. The topological polar surface area (TPSA) is 46.9 Å². The van der Waals surface area contributed by atoms with Crippen molar-refractivity contribution in [2.24, 2.45) is 0 Å². The van der Waals surface area contributed by atoms with E-state index in [1.165, 1.54) is 5.56 Å². The van der Waals surface area contributed by atoms with Crippen LogP contribution in [-0.4, -0.2) is 15.7 Å². The highest BCUT2D eigenvalue weighted by Gasteiger charge is 2.26. The number of thioether (sulfide) groups is 1. The first-order valence-corrected chi connectivity index (χ1v) is 10.2. The van der Waals surface area contributed by atoms with Crippen molar-refractivity contribution in [3.8, 4) is 5.69 Å². The van der Waals surface area contributed by atoms with Gasteiger partial charge in [-0.3, -0.25) is 4.79 Å². The Labute approximate surface area is 164 Å². The van der Waals surface area contributed by atoms with Crippen molar-refractivity contribution in [2.75, 3.05) is 5.32 Å². The molecule has 1 aliphatic rings. The van der Waals surface area contributed by atoms with Gasteiger partial charge in [0.15, 0.2) is 0 Å². The molecule has 0 unspecified atom stereocenters. The maximum absolute atomic E-state index is 13.2. The van der Waals surface area contributed by atoms with Crippen molar-refractivity contribution in [3.63, 3.8) is 0 Å². The molecule has 1 N–H and O–H groups in total. The molecule has 1 aliphatic heterocycles. The average Bonchev–Trinajstić information content (AvgIpc) is 3.17. The van der Waals surface area contributed by atoms with Crippen LogP contribution in [0, 0.1) is 27.7 Å². The number of aryl methyl sites for hydroxylation is 4. The van der Waals surface area contributed by atoms with Crippen LogP contribution in [0.1, 0.15) is 43.9 Å². The summed E-state index contributed by atoms with van der Waals surface area (Å²) in [5, 5.41) is 7.99. The molecule has 2 aromatic carbocycles. The SMILES string of the molecule is Cc1cc(C)c(C(=O)Nc2c3c(nn2-c2ccccc2C)CSC3)c(C)c1. The average molecular weight is 378 g/mol. The quantitative estimate of drug-likeness (QED) is 0.690. The number of amides is 1. The molecule has 0 radical (unpaired) electrons. The first-order chi connectivity index (χ1) is 13.0. The third-order valence-electron chi connectivity index (χ3n) is 5.03. The molecule has 1 amide bonds. The Morgan fingerprint density at radius 1 is 1.04 bits per heavy atom. The minimum atomic E-state index is -0.0700. The van der Waals surface area contributed by atoms with Gasteiger partial charge in [0.25, 0.3) is 5.91 Å². The summed E-state index contributed by atoms with van der Waals surface area (Å²) in [5.41, 5.74) is 8.25. The summed E-state index contributed by atoms with van der Waals surface area (Å²) in [5.74, 6) is 2.50. The number of nitrogens with one attached hydrogen (secondary N) is 1. The molecule has 0 saturated heterocycles. The third kappa shape index (κ3) is 3.16. The Bertz CT molecular complexity index is 1030. The van der Waals surface area contributed by atoms with E-state index in [4.69, 9.17) is 5.10 Å². The number of hydrogen-bond acceptors (Lipinski definition) is 3. The molecule has 0 fully saturated rings. The molecule has 1 aromatic heterocycles. The van der Waals surface area contributed by atoms with E-state index in [-0.39, 0.29) is 5.91 Å². The molecule has 4 nitrogen and oxygen atoms in total. The van der Waals surface area contributed by atoms with E-state index in [2.05, 4.69) is 37.4 Å². The molecule has 27 heavy (non-hydrogen) atoms. The molecule has 0 atom stereocenters. The van der Waals surface area contributed by atoms with Crippen molar-refractivity contribution in [1.82, 2.24) is 9.78 Å². The molecule has 3 aromatic rings. The zero-order valence-electron chi connectivity index (χ0n) is 16.1. The predicted octanol–water partition coefficient (Wildman–Crippen LogP) is 5.11. The fourth-order valence-corrected chi connectivity index (χ4v) is 4.86. The van der Waals surface area contributed by atoms with Crippen LogP contribution in [-0.2, 0) is 11.5 Å². The van der Waals surface area contributed by atoms with Crippen LogP contribution in [0.5, 0.6) is 0 Å². The second-order valence-electron chi connectivity index (χ2n) is 7.19. The molecule has 5 heteroatoms. The monoisotopic (exact) mass is 377 g/mol. The van der Waals surface area contributed by atoms with Gasteiger partial charge in [-0.1, -0.05) is 35.9 Å². The van der Waals surface area contributed by atoms with Crippen molar-refractivity contribution in [3.05, 3.63) is 75.5 Å². The van der Waals surface area contributed by atoms with Crippen molar-refractivity contribution >= 4 is 23.5 Å². The van der Waals surface area contributed by atoms with Crippen LogP contribution in [0.4, 0.5) is 5.82 Å². The predicted molar refractivity (Wildman–Crippen MR) is 112 cm³/mol. The van der Waals surface area contributed by atoms with Gasteiger partial charge < -0.3 is 5.32 Å². The van der Waals surface area contributed by atoms with Gasteiger partial charge in [-0.15, -0.1) is 0 Å².